The zero-order valence-corrected chi connectivity index (χ0v) is 12.4. The van der Waals surface area contributed by atoms with Crippen molar-refractivity contribution in [3.8, 4) is 0 Å². The minimum atomic E-state index is 0.0510. The zero-order chi connectivity index (χ0) is 13.7. The Morgan fingerprint density at radius 3 is 2.63 bits per heavy atom. The van der Waals surface area contributed by atoms with E-state index in [1.807, 2.05) is 19.2 Å². The van der Waals surface area contributed by atoms with E-state index in [2.05, 4.69) is 41.1 Å². The van der Waals surface area contributed by atoms with Crippen molar-refractivity contribution in [2.75, 3.05) is 11.4 Å². The summed E-state index contributed by atoms with van der Waals surface area (Å²) in [5, 5.41) is 1.03. The highest BCUT2D eigenvalue weighted by Gasteiger charge is 2.14. The molecule has 0 fully saturated rings. The van der Waals surface area contributed by atoms with Crippen LogP contribution in [0.2, 0.25) is 0 Å². The Hall–Kier alpha value is -1.39. The maximum absolute atomic E-state index is 5.92. The Morgan fingerprint density at radius 1 is 1.32 bits per heavy atom. The molecule has 0 aliphatic heterocycles. The molecule has 4 heteroatoms. The van der Waals surface area contributed by atoms with E-state index in [4.69, 9.17) is 5.73 Å². The summed E-state index contributed by atoms with van der Waals surface area (Å²) in [4.78, 5) is 7.94. The molecule has 1 heterocycles. The molecule has 1 atom stereocenters. The number of nitrogens with two attached hydrogens (primary N) is 1. The molecule has 0 saturated heterocycles. The number of benzene rings is 1. The van der Waals surface area contributed by atoms with Crippen molar-refractivity contribution in [3.63, 3.8) is 0 Å². The third-order valence-corrected chi connectivity index (χ3v) is 4.22. The van der Waals surface area contributed by atoms with Gasteiger partial charge in [-0.1, -0.05) is 42.9 Å². The van der Waals surface area contributed by atoms with Crippen molar-refractivity contribution >= 4 is 22.2 Å². The van der Waals surface area contributed by atoms with Gasteiger partial charge in [0, 0.05) is 29.3 Å². The van der Waals surface area contributed by atoms with Crippen LogP contribution >= 0.6 is 11.3 Å². The van der Waals surface area contributed by atoms with Gasteiger partial charge in [-0.15, -0.1) is 0 Å². The van der Waals surface area contributed by atoms with Crippen LogP contribution in [0.25, 0.3) is 0 Å². The average Bonchev–Trinajstić information content (AvgIpc) is 2.90. The highest BCUT2D eigenvalue weighted by molar-refractivity contribution is 7.15. The van der Waals surface area contributed by atoms with Gasteiger partial charge in [0.25, 0.3) is 0 Å². The third kappa shape index (κ3) is 3.55. The summed E-state index contributed by atoms with van der Waals surface area (Å²) in [5.74, 6) is 0. The molecule has 0 amide bonds. The summed E-state index contributed by atoms with van der Waals surface area (Å²) in [6.45, 7) is 5.20. The number of thiazole rings is 1. The third-order valence-electron chi connectivity index (χ3n) is 2.99. The average molecular weight is 275 g/mol. The second-order valence-corrected chi connectivity index (χ2v) is 5.72. The molecule has 2 rings (SSSR count). The van der Waals surface area contributed by atoms with E-state index < -0.39 is 0 Å². The summed E-state index contributed by atoms with van der Waals surface area (Å²) >= 11 is 1.68. The lowest BCUT2D eigenvalue weighted by atomic mass is 10.2. The molecular formula is C15H21N3S. The van der Waals surface area contributed by atoms with E-state index in [-0.39, 0.29) is 6.04 Å². The molecule has 1 unspecified atom stereocenters. The first kappa shape index (κ1) is 14.0. The molecule has 0 aliphatic carbocycles. The maximum Gasteiger partial charge on any atom is 0.190 e. The number of aromatic nitrogens is 1. The molecule has 2 N–H and O–H groups in total. The summed E-state index contributed by atoms with van der Waals surface area (Å²) in [5.41, 5.74) is 7.11. The minimum Gasteiger partial charge on any atom is -0.323 e. The number of nitrogens with zero attached hydrogens (tertiary/aromatic N) is 2. The quantitative estimate of drug-likeness (QED) is 0.863. The van der Waals surface area contributed by atoms with Gasteiger partial charge in [-0.2, -0.15) is 0 Å². The molecule has 0 spiro atoms. The number of hydrogen-bond donors (Lipinski definition) is 1. The predicted molar refractivity (Wildman–Crippen MR) is 83.1 cm³/mol. The predicted octanol–water partition coefficient (Wildman–Crippen LogP) is 4.10. The topological polar surface area (TPSA) is 42.2 Å². The molecule has 0 bridgehead atoms. The summed E-state index contributed by atoms with van der Waals surface area (Å²) in [7, 11) is 0. The van der Waals surface area contributed by atoms with Gasteiger partial charge in [0.2, 0.25) is 0 Å². The first-order chi connectivity index (χ1) is 9.22. The van der Waals surface area contributed by atoms with Crippen LogP contribution in [0.15, 0.2) is 36.5 Å². The zero-order valence-electron chi connectivity index (χ0n) is 11.5. The van der Waals surface area contributed by atoms with E-state index in [9.17, 15) is 0 Å². The molecule has 102 valence electrons. The van der Waals surface area contributed by atoms with Gasteiger partial charge in [0.05, 0.1) is 0 Å². The highest BCUT2D eigenvalue weighted by Crippen LogP contribution is 2.31. The van der Waals surface area contributed by atoms with Crippen LogP contribution < -0.4 is 10.6 Å². The largest absolute Gasteiger partial charge is 0.323 e. The molecule has 3 nitrogen and oxygen atoms in total. The van der Waals surface area contributed by atoms with Crippen LogP contribution in [0.3, 0.4) is 0 Å². The fourth-order valence-corrected chi connectivity index (χ4v) is 2.79. The Bertz CT molecular complexity index is 493. The van der Waals surface area contributed by atoms with Crippen LogP contribution in [0.4, 0.5) is 10.8 Å². The Balaban J connectivity index is 2.26. The van der Waals surface area contributed by atoms with Gasteiger partial charge in [-0.25, -0.2) is 4.98 Å². The maximum atomic E-state index is 5.92. The summed E-state index contributed by atoms with van der Waals surface area (Å²) in [6, 6.07) is 10.5. The molecule has 1 aromatic carbocycles. The van der Waals surface area contributed by atoms with E-state index in [0.29, 0.717) is 0 Å². The molecule has 2 aromatic rings. The second kappa shape index (κ2) is 6.68. The Labute approximate surface area is 119 Å². The number of rotatable bonds is 6. The van der Waals surface area contributed by atoms with Crippen molar-refractivity contribution in [1.29, 1.82) is 0 Å². The normalized spacial score (nSPS) is 12.4. The van der Waals surface area contributed by atoms with E-state index in [0.717, 1.165) is 23.0 Å². The van der Waals surface area contributed by atoms with Crippen LogP contribution in [0.5, 0.6) is 0 Å². The number of hydrogen-bond acceptors (Lipinski definition) is 4. The van der Waals surface area contributed by atoms with Gasteiger partial charge in [-0.3, -0.25) is 0 Å². The summed E-state index contributed by atoms with van der Waals surface area (Å²) < 4.78 is 0. The van der Waals surface area contributed by atoms with Crippen molar-refractivity contribution in [2.24, 2.45) is 5.73 Å². The molecule has 19 heavy (non-hydrogen) atoms. The SMILES string of the molecule is CCCCN(c1ccccc1)c1ncc(C(C)N)s1. The minimum absolute atomic E-state index is 0.0510. The molecular weight excluding hydrogens is 254 g/mol. The van der Waals surface area contributed by atoms with Crippen LogP contribution in [-0.4, -0.2) is 11.5 Å². The van der Waals surface area contributed by atoms with E-state index >= 15 is 0 Å². The Kier molecular flexibility index (Phi) is 4.93. The number of para-hydroxylation sites is 1. The van der Waals surface area contributed by atoms with Gasteiger partial charge < -0.3 is 10.6 Å². The van der Waals surface area contributed by atoms with E-state index in [1.54, 1.807) is 11.3 Å². The molecule has 1 aromatic heterocycles. The van der Waals surface area contributed by atoms with Gasteiger partial charge in [-0.05, 0) is 25.5 Å². The first-order valence-electron chi connectivity index (χ1n) is 6.76. The first-order valence-corrected chi connectivity index (χ1v) is 7.58. The van der Waals surface area contributed by atoms with Gasteiger partial charge in [0.1, 0.15) is 0 Å². The van der Waals surface area contributed by atoms with Gasteiger partial charge >= 0.3 is 0 Å². The molecule has 0 aliphatic rings. The van der Waals surface area contributed by atoms with Crippen molar-refractivity contribution in [3.05, 3.63) is 41.4 Å². The van der Waals surface area contributed by atoms with E-state index in [1.165, 1.54) is 12.1 Å². The van der Waals surface area contributed by atoms with Gasteiger partial charge in [0.15, 0.2) is 5.13 Å². The van der Waals surface area contributed by atoms with Crippen LogP contribution in [0.1, 0.15) is 37.6 Å². The lowest BCUT2D eigenvalue weighted by molar-refractivity contribution is 0.784. The number of unbranched alkanes of at least 4 members (excludes halogenated alkanes) is 1. The fraction of sp³-hybridized carbons (Fsp3) is 0.400. The fourth-order valence-electron chi connectivity index (χ4n) is 1.87. The van der Waals surface area contributed by atoms with Crippen LogP contribution in [0, 0.1) is 0 Å². The lowest BCUT2D eigenvalue weighted by Crippen LogP contribution is -2.17. The smallest absolute Gasteiger partial charge is 0.190 e. The lowest BCUT2D eigenvalue weighted by Gasteiger charge is -2.21. The number of anilines is 2. The van der Waals surface area contributed by atoms with Crippen molar-refractivity contribution in [1.82, 2.24) is 4.98 Å². The Morgan fingerprint density at radius 2 is 2.05 bits per heavy atom. The standard InChI is InChI=1S/C15H21N3S/c1-3-4-10-18(13-8-6-5-7-9-13)15-17-11-14(19-15)12(2)16/h5-9,11-12H,3-4,10,16H2,1-2H3. The van der Waals surface area contributed by atoms with Crippen molar-refractivity contribution < 1.29 is 0 Å². The highest BCUT2D eigenvalue weighted by atomic mass is 32.1. The molecule has 0 saturated carbocycles. The van der Waals surface area contributed by atoms with Crippen LogP contribution in [-0.2, 0) is 0 Å². The summed E-state index contributed by atoms with van der Waals surface area (Å²) in [6.07, 6.45) is 4.23. The van der Waals surface area contributed by atoms with Crippen molar-refractivity contribution in [2.45, 2.75) is 32.7 Å². The molecule has 0 radical (unpaired) electrons. The second-order valence-electron chi connectivity index (χ2n) is 4.67. The monoisotopic (exact) mass is 275 g/mol.